The average Bonchev–Trinajstić information content (AvgIpc) is 2.56. The van der Waals surface area contributed by atoms with Gasteiger partial charge in [-0.2, -0.15) is 9.66 Å². The van der Waals surface area contributed by atoms with E-state index in [1.807, 2.05) is 0 Å². The highest BCUT2D eigenvalue weighted by Gasteiger charge is 2.18. The second-order valence-corrected chi connectivity index (χ2v) is 8.67. The molecular formula is C13H15ClN4O5S2. The molecule has 0 saturated carbocycles. The van der Waals surface area contributed by atoms with Gasteiger partial charge in [0.05, 0.1) is 9.92 Å². The number of nitrogens with two attached hydrogens (primary N) is 2. The van der Waals surface area contributed by atoms with Crippen molar-refractivity contribution in [2.45, 2.75) is 16.7 Å². The van der Waals surface area contributed by atoms with Gasteiger partial charge in [0.25, 0.3) is 20.0 Å². The molecule has 9 nitrogen and oxygen atoms in total. The number of ether oxygens (including phenoxy) is 1. The monoisotopic (exact) mass is 406 g/mol. The molecule has 0 saturated heterocycles. The smallest absolute Gasteiger partial charge is 0.254 e. The Morgan fingerprint density at radius 3 is 2.12 bits per heavy atom. The van der Waals surface area contributed by atoms with Gasteiger partial charge in [-0.1, -0.05) is 11.6 Å². The van der Waals surface area contributed by atoms with Crippen molar-refractivity contribution >= 4 is 31.6 Å². The molecule has 0 unspecified atom stereocenters. The van der Waals surface area contributed by atoms with Crippen molar-refractivity contribution in [2.24, 2.45) is 11.7 Å². The molecule has 136 valence electrons. The van der Waals surface area contributed by atoms with E-state index < -0.39 is 20.0 Å². The lowest BCUT2D eigenvalue weighted by atomic mass is 10.2. The average molecular weight is 407 g/mol. The Balaban J connectivity index is 2.33. The van der Waals surface area contributed by atoms with Crippen LogP contribution in [-0.4, -0.2) is 16.8 Å². The molecule has 0 amide bonds. The van der Waals surface area contributed by atoms with E-state index in [0.29, 0.717) is 11.3 Å². The lowest BCUT2D eigenvalue weighted by molar-refractivity contribution is 0.477. The summed E-state index contributed by atoms with van der Waals surface area (Å²) in [6.45, 7) is 1.64. The summed E-state index contributed by atoms with van der Waals surface area (Å²) in [5.74, 6) is 10.6. The number of nitrogens with one attached hydrogen (secondary N) is 2. The SMILES string of the molecule is Cc1cc(S(=O)(=O)NN)ccc1Oc1ccc(S(=O)(=O)NN)c(Cl)c1. The summed E-state index contributed by atoms with van der Waals surface area (Å²) >= 11 is 5.95. The molecular weight excluding hydrogens is 392 g/mol. The van der Waals surface area contributed by atoms with Crippen LogP contribution in [0.5, 0.6) is 11.5 Å². The van der Waals surface area contributed by atoms with Gasteiger partial charge in [0.15, 0.2) is 0 Å². The molecule has 25 heavy (non-hydrogen) atoms. The van der Waals surface area contributed by atoms with Gasteiger partial charge in [0.1, 0.15) is 16.4 Å². The molecule has 0 aliphatic heterocycles. The van der Waals surface area contributed by atoms with Crippen molar-refractivity contribution in [3.8, 4) is 11.5 Å². The summed E-state index contributed by atoms with van der Waals surface area (Å²) in [5.41, 5.74) is 0.521. The summed E-state index contributed by atoms with van der Waals surface area (Å²) in [4.78, 5) is 3.19. The highest BCUT2D eigenvalue weighted by Crippen LogP contribution is 2.31. The van der Waals surface area contributed by atoms with Gasteiger partial charge in [-0.3, -0.25) is 11.7 Å². The highest BCUT2D eigenvalue weighted by atomic mass is 35.5. The Morgan fingerprint density at radius 1 is 0.960 bits per heavy atom. The number of hydrogen-bond acceptors (Lipinski definition) is 7. The Labute approximate surface area is 150 Å². The van der Waals surface area contributed by atoms with Crippen molar-refractivity contribution in [1.82, 2.24) is 9.66 Å². The molecule has 2 aromatic rings. The number of aryl methyl sites for hydroxylation is 1. The van der Waals surface area contributed by atoms with E-state index in [1.54, 1.807) is 16.6 Å². The predicted octanol–water partition coefficient (Wildman–Crippen LogP) is 0.745. The van der Waals surface area contributed by atoms with Crippen LogP contribution in [0.1, 0.15) is 5.56 Å². The van der Waals surface area contributed by atoms with Crippen molar-refractivity contribution in [1.29, 1.82) is 0 Å². The van der Waals surface area contributed by atoms with Crippen molar-refractivity contribution in [3.05, 3.63) is 47.0 Å². The molecule has 0 fully saturated rings. The summed E-state index contributed by atoms with van der Waals surface area (Å²) in [6, 6.07) is 8.07. The van der Waals surface area contributed by atoms with Crippen molar-refractivity contribution < 1.29 is 21.6 Å². The molecule has 0 bridgehead atoms. The topological polar surface area (TPSA) is 154 Å². The van der Waals surface area contributed by atoms with Crippen LogP contribution in [0.25, 0.3) is 0 Å². The first-order valence-electron chi connectivity index (χ1n) is 6.63. The normalized spacial score (nSPS) is 12.2. The molecule has 0 radical (unpaired) electrons. The Kier molecular flexibility index (Phi) is 5.68. The molecule has 0 aliphatic rings. The largest absolute Gasteiger partial charge is 0.457 e. The summed E-state index contributed by atoms with van der Waals surface area (Å²) in [5, 5.41) is -0.0837. The van der Waals surface area contributed by atoms with Gasteiger partial charge in [0.2, 0.25) is 0 Å². The second-order valence-electron chi connectivity index (χ2n) is 4.86. The van der Waals surface area contributed by atoms with Gasteiger partial charge < -0.3 is 4.74 Å². The minimum Gasteiger partial charge on any atom is -0.457 e. The quantitative estimate of drug-likeness (QED) is 0.407. The third kappa shape index (κ3) is 4.27. The third-order valence-electron chi connectivity index (χ3n) is 3.19. The van der Waals surface area contributed by atoms with Crippen LogP contribution in [0.4, 0.5) is 0 Å². The number of hydrazine groups is 2. The summed E-state index contributed by atoms with van der Waals surface area (Å²) in [7, 11) is -7.67. The molecule has 0 atom stereocenters. The van der Waals surface area contributed by atoms with Crippen molar-refractivity contribution in [3.63, 3.8) is 0 Å². The van der Waals surface area contributed by atoms with E-state index in [9.17, 15) is 16.8 Å². The van der Waals surface area contributed by atoms with Gasteiger partial charge in [-0.05, 0) is 42.8 Å². The number of rotatable bonds is 6. The maximum atomic E-state index is 11.7. The molecule has 0 aromatic heterocycles. The molecule has 2 rings (SSSR count). The van der Waals surface area contributed by atoms with E-state index in [0.717, 1.165) is 0 Å². The van der Waals surface area contributed by atoms with E-state index in [-0.39, 0.29) is 20.6 Å². The van der Waals surface area contributed by atoms with E-state index in [2.05, 4.69) is 0 Å². The van der Waals surface area contributed by atoms with Gasteiger partial charge in [0, 0.05) is 6.07 Å². The minimum absolute atomic E-state index is 0.0201. The van der Waals surface area contributed by atoms with Gasteiger partial charge in [-0.15, -0.1) is 0 Å². The van der Waals surface area contributed by atoms with E-state index in [1.165, 1.54) is 36.4 Å². The fourth-order valence-electron chi connectivity index (χ4n) is 1.93. The Bertz CT molecular complexity index is 1010. The van der Waals surface area contributed by atoms with Crippen molar-refractivity contribution in [2.75, 3.05) is 0 Å². The van der Waals surface area contributed by atoms with Crippen LogP contribution in [0.15, 0.2) is 46.2 Å². The molecule has 6 N–H and O–H groups in total. The molecule has 2 aromatic carbocycles. The van der Waals surface area contributed by atoms with Crippen LogP contribution >= 0.6 is 11.6 Å². The molecule has 12 heteroatoms. The standard InChI is InChI=1S/C13H15ClN4O5S2/c1-8-6-10(24(19,20)17-15)3-4-12(8)23-9-2-5-13(11(14)7-9)25(21,22)18-16/h2-7,17-18H,15-16H2,1H3. The second kappa shape index (κ2) is 7.25. The number of benzene rings is 2. The molecule has 0 aliphatic carbocycles. The zero-order valence-electron chi connectivity index (χ0n) is 12.9. The fraction of sp³-hybridized carbons (Fsp3) is 0.0769. The lowest BCUT2D eigenvalue weighted by Gasteiger charge is -2.12. The zero-order valence-corrected chi connectivity index (χ0v) is 15.2. The first kappa shape index (κ1) is 19.6. The maximum Gasteiger partial charge on any atom is 0.254 e. The van der Waals surface area contributed by atoms with Gasteiger partial charge >= 0.3 is 0 Å². The minimum atomic E-state index is -3.90. The van der Waals surface area contributed by atoms with Crippen LogP contribution < -0.4 is 26.1 Å². The summed E-state index contributed by atoms with van der Waals surface area (Å²) < 4.78 is 52.3. The number of hydrogen-bond donors (Lipinski definition) is 4. The Morgan fingerprint density at radius 2 is 1.60 bits per heavy atom. The predicted molar refractivity (Wildman–Crippen MR) is 91.7 cm³/mol. The number of halogens is 1. The first-order chi connectivity index (χ1) is 11.6. The van der Waals surface area contributed by atoms with Crippen LogP contribution in [0, 0.1) is 6.92 Å². The number of sulfonamides is 2. The molecule has 0 heterocycles. The highest BCUT2D eigenvalue weighted by molar-refractivity contribution is 7.89. The maximum absolute atomic E-state index is 11.7. The zero-order chi connectivity index (χ0) is 18.8. The fourth-order valence-corrected chi connectivity index (χ4v) is 3.81. The van der Waals surface area contributed by atoms with Crippen LogP contribution in [0.2, 0.25) is 5.02 Å². The third-order valence-corrected chi connectivity index (χ3v) is 6.04. The molecule has 0 spiro atoms. The van der Waals surface area contributed by atoms with Crippen LogP contribution in [-0.2, 0) is 20.0 Å². The summed E-state index contributed by atoms with van der Waals surface area (Å²) in [6.07, 6.45) is 0. The first-order valence-corrected chi connectivity index (χ1v) is 9.98. The lowest BCUT2D eigenvalue weighted by Crippen LogP contribution is -2.30. The van der Waals surface area contributed by atoms with Gasteiger partial charge in [-0.25, -0.2) is 16.8 Å². The van der Waals surface area contributed by atoms with E-state index in [4.69, 9.17) is 28.0 Å². The van der Waals surface area contributed by atoms with E-state index >= 15 is 0 Å². The Hall–Kier alpha value is -1.73. The van der Waals surface area contributed by atoms with Crippen LogP contribution in [0.3, 0.4) is 0 Å².